The molecule has 2 aliphatic rings. The number of anilines is 1. The van der Waals surface area contributed by atoms with Crippen molar-refractivity contribution in [3.8, 4) is 0 Å². The summed E-state index contributed by atoms with van der Waals surface area (Å²) >= 11 is 6.05. The number of benzene rings is 2. The Morgan fingerprint density at radius 3 is 2.58 bits per heavy atom. The second-order valence-corrected chi connectivity index (χ2v) is 8.65. The minimum atomic E-state index is -0.512. The molecule has 4 rings (SSSR count). The van der Waals surface area contributed by atoms with Gasteiger partial charge < -0.3 is 9.64 Å². The average molecular weight is 469 g/mol. The molecule has 3 unspecified atom stereocenters. The molecule has 0 aliphatic heterocycles. The molecule has 2 bridgehead atoms. The predicted octanol–water partition coefficient (Wildman–Crippen LogP) is 6.25. The molecule has 2 aromatic carbocycles. The summed E-state index contributed by atoms with van der Waals surface area (Å²) in [6, 6.07) is 11.6. The summed E-state index contributed by atoms with van der Waals surface area (Å²) in [7, 11) is 0. The molecule has 0 heterocycles. The lowest BCUT2D eigenvalue weighted by molar-refractivity contribution is -0.384. The number of carbonyl (C=O) groups excluding carboxylic acids is 1. The van der Waals surface area contributed by atoms with Gasteiger partial charge in [-0.25, -0.2) is 0 Å². The third-order valence-corrected chi connectivity index (χ3v) is 6.50. The van der Waals surface area contributed by atoms with Gasteiger partial charge in [0.25, 0.3) is 5.69 Å². The van der Waals surface area contributed by atoms with Crippen LogP contribution in [0.1, 0.15) is 19.8 Å². The van der Waals surface area contributed by atoms with E-state index in [9.17, 15) is 14.9 Å². The smallest absolute Gasteiger partial charge is 0.309 e. The number of hydrogen-bond donors (Lipinski definition) is 0. The first-order valence-electron chi connectivity index (χ1n) is 11.0. The van der Waals surface area contributed by atoms with E-state index in [1.54, 1.807) is 0 Å². The van der Waals surface area contributed by atoms with Gasteiger partial charge in [-0.1, -0.05) is 23.8 Å². The maximum atomic E-state index is 12.4. The van der Waals surface area contributed by atoms with Crippen LogP contribution in [0.4, 0.5) is 22.7 Å². The molecule has 2 aromatic rings. The number of esters is 1. The van der Waals surface area contributed by atoms with Gasteiger partial charge in [0.15, 0.2) is 0 Å². The molecular formula is C24H25ClN4O4. The first kappa shape index (κ1) is 22.9. The van der Waals surface area contributed by atoms with E-state index in [1.165, 1.54) is 18.2 Å². The second kappa shape index (κ2) is 10.1. The van der Waals surface area contributed by atoms with E-state index in [0.717, 1.165) is 25.1 Å². The molecule has 3 atom stereocenters. The zero-order valence-electron chi connectivity index (χ0n) is 18.3. The molecule has 8 nitrogen and oxygen atoms in total. The topological polar surface area (TPSA) is 97.4 Å². The Hall–Kier alpha value is -3.26. The van der Waals surface area contributed by atoms with E-state index in [4.69, 9.17) is 16.3 Å². The van der Waals surface area contributed by atoms with Gasteiger partial charge in [0, 0.05) is 24.4 Å². The van der Waals surface area contributed by atoms with Crippen molar-refractivity contribution in [3.63, 3.8) is 0 Å². The Bertz CT molecular complexity index is 1090. The van der Waals surface area contributed by atoms with E-state index in [2.05, 4.69) is 27.3 Å². The lowest BCUT2D eigenvalue weighted by Crippen LogP contribution is -2.30. The summed E-state index contributed by atoms with van der Waals surface area (Å²) in [6.45, 7) is 3.78. The van der Waals surface area contributed by atoms with Crippen LogP contribution in [0.25, 0.3) is 0 Å². The quantitative estimate of drug-likeness (QED) is 0.142. The molecule has 33 heavy (non-hydrogen) atoms. The second-order valence-electron chi connectivity index (χ2n) is 8.24. The number of allylic oxidation sites excluding steroid dienone is 2. The van der Waals surface area contributed by atoms with Gasteiger partial charge in [0.1, 0.15) is 12.3 Å². The summed E-state index contributed by atoms with van der Waals surface area (Å²) in [6.07, 6.45) is 6.38. The first-order valence-corrected chi connectivity index (χ1v) is 11.4. The van der Waals surface area contributed by atoms with Crippen molar-refractivity contribution >= 4 is 40.3 Å². The third-order valence-electron chi connectivity index (χ3n) is 6.20. The van der Waals surface area contributed by atoms with Crippen LogP contribution in [0.5, 0.6) is 0 Å². The van der Waals surface area contributed by atoms with E-state index in [0.29, 0.717) is 36.4 Å². The third kappa shape index (κ3) is 5.39. The number of non-ortho nitro benzene ring substituents is 1. The Kier molecular flexibility index (Phi) is 7.03. The zero-order valence-corrected chi connectivity index (χ0v) is 19.0. The normalized spacial score (nSPS) is 21.0. The molecular weight excluding hydrogens is 444 g/mol. The van der Waals surface area contributed by atoms with E-state index in [-0.39, 0.29) is 22.6 Å². The molecule has 1 fully saturated rings. The van der Waals surface area contributed by atoms with Gasteiger partial charge in [-0.05, 0) is 61.9 Å². The molecule has 0 saturated heterocycles. The highest BCUT2D eigenvalue weighted by Crippen LogP contribution is 2.43. The molecule has 0 N–H and O–H groups in total. The largest absolute Gasteiger partial charge is 0.464 e. The van der Waals surface area contributed by atoms with Crippen LogP contribution in [0, 0.1) is 27.9 Å². The first-order chi connectivity index (χ1) is 15.9. The SMILES string of the molecule is CCN(CCOC(=O)C1CC2C=CC1C2)c1ccc(N=Nc2ccc([N+](=O)[O-])cc2Cl)cc1. The van der Waals surface area contributed by atoms with Crippen LogP contribution >= 0.6 is 11.6 Å². The highest BCUT2D eigenvalue weighted by molar-refractivity contribution is 6.33. The lowest BCUT2D eigenvalue weighted by atomic mass is 9.94. The number of likely N-dealkylation sites (N-methyl/N-ethyl adjacent to an activating group) is 1. The van der Waals surface area contributed by atoms with Crippen LogP contribution in [0.2, 0.25) is 5.02 Å². The molecule has 2 aliphatic carbocycles. The number of nitro benzene ring substituents is 1. The number of rotatable bonds is 9. The van der Waals surface area contributed by atoms with E-state index < -0.39 is 4.92 Å². The lowest BCUT2D eigenvalue weighted by Gasteiger charge is -2.24. The Balaban J connectivity index is 1.30. The highest BCUT2D eigenvalue weighted by atomic mass is 35.5. The van der Waals surface area contributed by atoms with Crippen molar-refractivity contribution in [3.05, 3.63) is 69.8 Å². The van der Waals surface area contributed by atoms with Crippen LogP contribution < -0.4 is 4.90 Å². The standard InChI is InChI=1S/C24H25ClN4O4/c1-2-28(11-12-33-24(30)21-14-16-3-4-17(21)13-16)19-7-5-18(6-8-19)26-27-23-10-9-20(29(31)32)15-22(23)25/h3-10,15-17,21H,2,11-14H2,1H3. The maximum Gasteiger partial charge on any atom is 0.309 e. The van der Waals surface area contributed by atoms with Crippen molar-refractivity contribution in [2.75, 3.05) is 24.6 Å². The fraction of sp³-hybridized carbons (Fsp3) is 0.375. The summed E-state index contributed by atoms with van der Waals surface area (Å²) in [5, 5.41) is 19.2. The Morgan fingerprint density at radius 2 is 1.97 bits per heavy atom. The van der Waals surface area contributed by atoms with Gasteiger partial charge in [-0.2, -0.15) is 5.11 Å². The number of nitrogens with zero attached hydrogens (tertiary/aromatic N) is 4. The summed E-state index contributed by atoms with van der Waals surface area (Å²) in [4.78, 5) is 24.8. The number of nitro groups is 1. The van der Waals surface area contributed by atoms with Crippen LogP contribution in [0.15, 0.2) is 64.8 Å². The molecule has 1 saturated carbocycles. The fourth-order valence-corrected chi connectivity index (χ4v) is 4.63. The molecule has 0 amide bonds. The number of hydrogen-bond acceptors (Lipinski definition) is 7. The van der Waals surface area contributed by atoms with Gasteiger partial charge in [0.2, 0.25) is 0 Å². The average Bonchev–Trinajstić information content (AvgIpc) is 3.45. The van der Waals surface area contributed by atoms with Crippen LogP contribution in [0.3, 0.4) is 0 Å². The number of fused-ring (bicyclic) bond motifs is 2. The van der Waals surface area contributed by atoms with Crippen molar-refractivity contribution in [2.24, 2.45) is 28.0 Å². The molecule has 0 spiro atoms. The number of ether oxygens (including phenoxy) is 1. The molecule has 0 aromatic heterocycles. The van der Waals surface area contributed by atoms with Crippen molar-refractivity contribution in [1.82, 2.24) is 0 Å². The number of carbonyl (C=O) groups is 1. The van der Waals surface area contributed by atoms with Gasteiger partial charge >= 0.3 is 5.97 Å². The monoisotopic (exact) mass is 468 g/mol. The van der Waals surface area contributed by atoms with Gasteiger partial charge in [-0.15, -0.1) is 5.11 Å². The Labute approximate surface area is 197 Å². The highest BCUT2D eigenvalue weighted by Gasteiger charge is 2.40. The minimum absolute atomic E-state index is 0.0176. The van der Waals surface area contributed by atoms with Crippen molar-refractivity contribution in [2.45, 2.75) is 19.8 Å². The van der Waals surface area contributed by atoms with E-state index >= 15 is 0 Å². The minimum Gasteiger partial charge on any atom is -0.464 e. The van der Waals surface area contributed by atoms with Crippen LogP contribution in [-0.4, -0.2) is 30.6 Å². The number of azo groups is 1. The van der Waals surface area contributed by atoms with Crippen molar-refractivity contribution in [1.29, 1.82) is 0 Å². The summed E-state index contributed by atoms with van der Waals surface area (Å²) in [5.41, 5.74) is 1.87. The maximum absolute atomic E-state index is 12.4. The molecule has 9 heteroatoms. The number of halogens is 1. The summed E-state index contributed by atoms with van der Waals surface area (Å²) in [5.74, 6) is 0.840. The fourth-order valence-electron chi connectivity index (χ4n) is 4.42. The van der Waals surface area contributed by atoms with E-state index in [1.807, 2.05) is 31.2 Å². The zero-order chi connectivity index (χ0) is 23.4. The Morgan fingerprint density at radius 1 is 1.18 bits per heavy atom. The predicted molar refractivity (Wildman–Crippen MR) is 126 cm³/mol. The van der Waals surface area contributed by atoms with Gasteiger partial charge in [-0.3, -0.25) is 14.9 Å². The molecule has 172 valence electrons. The molecule has 0 radical (unpaired) electrons. The van der Waals surface area contributed by atoms with Gasteiger partial charge in [0.05, 0.1) is 28.1 Å². The summed E-state index contributed by atoms with van der Waals surface area (Å²) < 4.78 is 5.58. The van der Waals surface area contributed by atoms with Crippen molar-refractivity contribution < 1.29 is 14.5 Å². The van der Waals surface area contributed by atoms with Crippen LogP contribution in [-0.2, 0) is 9.53 Å².